The summed E-state index contributed by atoms with van der Waals surface area (Å²) in [4.78, 5) is 10.5. The van der Waals surface area contributed by atoms with E-state index in [9.17, 15) is 0 Å². The molecule has 0 radical (unpaired) electrons. The number of anilines is 1. The highest BCUT2D eigenvalue weighted by molar-refractivity contribution is 5.38. The van der Waals surface area contributed by atoms with Crippen molar-refractivity contribution in [1.29, 1.82) is 0 Å². The van der Waals surface area contributed by atoms with Crippen LogP contribution < -0.4 is 10.6 Å². The van der Waals surface area contributed by atoms with Crippen LogP contribution in [0.25, 0.3) is 0 Å². The van der Waals surface area contributed by atoms with Crippen LogP contribution >= 0.6 is 0 Å². The van der Waals surface area contributed by atoms with Crippen LogP contribution in [-0.4, -0.2) is 29.6 Å². The Hall–Kier alpha value is -1.16. The van der Waals surface area contributed by atoms with Crippen molar-refractivity contribution >= 4 is 5.82 Å². The van der Waals surface area contributed by atoms with Gasteiger partial charge in [0.05, 0.1) is 0 Å². The molecule has 0 aromatic carbocycles. The number of hydrogen-bond acceptors (Lipinski definition) is 4. The molecule has 0 aliphatic carbocycles. The third kappa shape index (κ3) is 2.96. The maximum absolute atomic E-state index is 5.55. The van der Waals surface area contributed by atoms with Gasteiger partial charge in [-0.1, -0.05) is 6.92 Å². The molecule has 4 heteroatoms. The number of aromatic nitrogens is 2. The van der Waals surface area contributed by atoms with Crippen LogP contribution in [-0.2, 0) is 0 Å². The molecule has 1 rings (SSSR count). The lowest BCUT2D eigenvalue weighted by Gasteiger charge is -2.22. The molecule has 1 aromatic rings. The Morgan fingerprint density at radius 2 is 2.14 bits per heavy atom. The highest BCUT2D eigenvalue weighted by Crippen LogP contribution is 2.10. The Morgan fingerprint density at radius 1 is 1.36 bits per heavy atom. The third-order valence-electron chi connectivity index (χ3n) is 2.01. The zero-order valence-electron chi connectivity index (χ0n) is 8.90. The van der Waals surface area contributed by atoms with Gasteiger partial charge < -0.3 is 10.6 Å². The minimum Gasteiger partial charge on any atom is -0.355 e. The average Bonchev–Trinajstić information content (AvgIpc) is 2.17. The minimum absolute atomic E-state index is 0.656. The first-order chi connectivity index (χ1) is 6.77. The smallest absolute Gasteiger partial charge is 0.132 e. The summed E-state index contributed by atoms with van der Waals surface area (Å²) in [6.45, 7) is 6.62. The van der Waals surface area contributed by atoms with Gasteiger partial charge in [-0.2, -0.15) is 0 Å². The van der Waals surface area contributed by atoms with Crippen LogP contribution in [0.1, 0.15) is 19.0 Å². The molecule has 0 spiro atoms. The van der Waals surface area contributed by atoms with Crippen molar-refractivity contribution in [2.45, 2.75) is 20.3 Å². The van der Waals surface area contributed by atoms with Gasteiger partial charge in [0.25, 0.3) is 0 Å². The molecular weight excluding hydrogens is 176 g/mol. The zero-order valence-corrected chi connectivity index (χ0v) is 8.90. The van der Waals surface area contributed by atoms with Crippen LogP contribution in [0.5, 0.6) is 0 Å². The van der Waals surface area contributed by atoms with Crippen molar-refractivity contribution in [3.63, 3.8) is 0 Å². The number of nitrogens with two attached hydrogens (primary N) is 1. The molecule has 2 N–H and O–H groups in total. The van der Waals surface area contributed by atoms with Gasteiger partial charge in [-0.05, 0) is 13.3 Å². The summed E-state index contributed by atoms with van der Waals surface area (Å²) in [6, 6.07) is 1.99. The number of rotatable bonds is 5. The largest absolute Gasteiger partial charge is 0.355 e. The summed E-state index contributed by atoms with van der Waals surface area (Å²) < 4.78 is 0. The summed E-state index contributed by atoms with van der Waals surface area (Å²) in [5.41, 5.74) is 6.54. The highest BCUT2D eigenvalue weighted by Gasteiger charge is 2.05. The van der Waals surface area contributed by atoms with Gasteiger partial charge >= 0.3 is 0 Å². The van der Waals surface area contributed by atoms with E-state index < -0.39 is 0 Å². The summed E-state index contributed by atoms with van der Waals surface area (Å²) in [5, 5.41) is 0. The van der Waals surface area contributed by atoms with Crippen molar-refractivity contribution in [2.75, 3.05) is 24.5 Å². The fraction of sp³-hybridized carbons (Fsp3) is 0.600. The quantitative estimate of drug-likeness (QED) is 0.758. The molecule has 0 aliphatic heterocycles. The van der Waals surface area contributed by atoms with E-state index in [0.29, 0.717) is 6.54 Å². The molecule has 0 unspecified atom stereocenters. The molecule has 0 fully saturated rings. The molecule has 0 saturated carbocycles. The van der Waals surface area contributed by atoms with Crippen molar-refractivity contribution in [3.05, 3.63) is 18.1 Å². The second kappa shape index (κ2) is 5.54. The van der Waals surface area contributed by atoms with E-state index in [1.54, 1.807) is 6.33 Å². The summed E-state index contributed by atoms with van der Waals surface area (Å²) in [6.07, 6.45) is 2.70. The second-order valence-electron chi connectivity index (χ2n) is 3.29. The van der Waals surface area contributed by atoms with E-state index in [4.69, 9.17) is 5.73 Å². The van der Waals surface area contributed by atoms with E-state index in [1.165, 1.54) is 0 Å². The van der Waals surface area contributed by atoms with Gasteiger partial charge in [0.2, 0.25) is 0 Å². The molecule has 14 heavy (non-hydrogen) atoms. The van der Waals surface area contributed by atoms with Gasteiger partial charge in [0.1, 0.15) is 12.1 Å². The first-order valence-electron chi connectivity index (χ1n) is 5.01. The summed E-state index contributed by atoms with van der Waals surface area (Å²) in [5.74, 6) is 0.977. The van der Waals surface area contributed by atoms with Gasteiger partial charge in [-0.3, -0.25) is 0 Å². The molecule has 0 aliphatic rings. The Kier molecular flexibility index (Phi) is 4.32. The topological polar surface area (TPSA) is 55.0 Å². The fourth-order valence-corrected chi connectivity index (χ4v) is 1.38. The van der Waals surface area contributed by atoms with Gasteiger partial charge in [0.15, 0.2) is 0 Å². The van der Waals surface area contributed by atoms with E-state index in [1.807, 2.05) is 13.0 Å². The molecule has 1 aromatic heterocycles. The summed E-state index contributed by atoms with van der Waals surface area (Å²) >= 11 is 0. The monoisotopic (exact) mass is 194 g/mol. The van der Waals surface area contributed by atoms with Crippen LogP contribution in [0.2, 0.25) is 0 Å². The van der Waals surface area contributed by atoms with Crippen molar-refractivity contribution < 1.29 is 0 Å². The van der Waals surface area contributed by atoms with Crippen molar-refractivity contribution in [3.8, 4) is 0 Å². The predicted octanol–water partition coefficient (Wildman–Crippen LogP) is 0.960. The molecule has 0 bridgehead atoms. The maximum atomic E-state index is 5.55. The van der Waals surface area contributed by atoms with Gasteiger partial charge in [0, 0.05) is 31.4 Å². The molecule has 0 amide bonds. The van der Waals surface area contributed by atoms with Crippen LogP contribution in [0.3, 0.4) is 0 Å². The lowest BCUT2D eigenvalue weighted by Crippen LogP contribution is -2.30. The molecular formula is C10H18N4. The van der Waals surface area contributed by atoms with Crippen LogP contribution in [0, 0.1) is 6.92 Å². The predicted molar refractivity (Wildman–Crippen MR) is 58.3 cm³/mol. The third-order valence-corrected chi connectivity index (χ3v) is 2.01. The van der Waals surface area contributed by atoms with Crippen LogP contribution in [0.4, 0.5) is 5.82 Å². The molecule has 0 saturated heterocycles. The van der Waals surface area contributed by atoms with Gasteiger partial charge in [-0.15, -0.1) is 0 Å². The molecule has 4 nitrogen and oxygen atoms in total. The zero-order chi connectivity index (χ0) is 10.4. The molecule has 1 heterocycles. The Balaban J connectivity index is 2.75. The van der Waals surface area contributed by atoms with Gasteiger partial charge in [-0.25, -0.2) is 9.97 Å². The van der Waals surface area contributed by atoms with Crippen molar-refractivity contribution in [1.82, 2.24) is 9.97 Å². The first kappa shape index (κ1) is 10.9. The number of nitrogens with zero attached hydrogens (tertiary/aromatic N) is 3. The van der Waals surface area contributed by atoms with E-state index in [-0.39, 0.29) is 0 Å². The highest BCUT2D eigenvalue weighted by atomic mass is 15.2. The Bertz CT molecular complexity index is 269. The summed E-state index contributed by atoms with van der Waals surface area (Å²) in [7, 11) is 0. The van der Waals surface area contributed by atoms with Crippen molar-refractivity contribution in [2.24, 2.45) is 5.73 Å². The van der Waals surface area contributed by atoms with E-state index in [0.717, 1.165) is 31.0 Å². The standard InChI is InChI=1S/C10H18N4/c1-3-5-14(6-4-11)10-7-9(2)12-8-13-10/h7-8H,3-6,11H2,1-2H3. The SMILES string of the molecule is CCCN(CCN)c1cc(C)ncn1. The Labute approximate surface area is 85.2 Å². The molecule has 0 atom stereocenters. The number of hydrogen-bond donors (Lipinski definition) is 1. The van der Waals surface area contributed by atoms with E-state index in [2.05, 4.69) is 21.8 Å². The Morgan fingerprint density at radius 3 is 2.71 bits per heavy atom. The molecule has 78 valence electrons. The lowest BCUT2D eigenvalue weighted by atomic mass is 10.3. The first-order valence-corrected chi connectivity index (χ1v) is 5.01. The fourth-order valence-electron chi connectivity index (χ4n) is 1.38. The lowest BCUT2D eigenvalue weighted by molar-refractivity contribution is 0.748. The normalized spacial score (nSPS) is 10.2. The second-order valence-corrected chi connectivity index (χ2v) is 3.29. The average molecular weight is 194 g/mol. The van der Waals surface area contributed by atoms with E-state index >= 15 is 0 Å². The maximum Gasteiger partial charge on any atom is 0.132 e. The van der Waals surface area contributed by atoms with Crippen LogP contribution in [0.15, 0.2) is 12.4 Å². The number of aryl methyl sites for hydroxylation is 1. The minimum atomic E-state index is 0.656.